The standard InChI is InChI=1S/C20H22ClN3O4/c1-23(14-7-5-4-6-8-14)22-20(26)13-9-19(25)24(12-13)16-10-15(21)17(27-2)11-18(16)28-3/h4-8,10-11,13H,9,12H2,1-3H3,(H,22,26)/t13-/m0/s1. The van der Waals surface area contributed by atoms with Crippen molar-refractivity contribution >= 4 is 34.8 Å². The lowest BCUT2D eigenvalue weighted by atomic mass is 10.1. The number of hydrazine groups is 1. The molecular weight excluding hydrogens is 382 g/mol. The third-order valence-electron chi connectivity index (χ3n) is 4.66. The first kappa shape index (κ1) is 19.8. The second kappa shape index (κ2) is 8.39. The van der Waals surface area contributed by atoms with Crippen molar-refractivity contribution < 1.29 is 19.1 Å². The first-order valence-corrected chi connectivity index (χ1v) is 9.13. The third kappa shape index (κ3) is 3.99. The Morgan fingerprint density at radius 3 is 2.50 bits per heavy atom. The molecule has 1 atom stereocenters. The Morgan fingerprint density at radius 2 is 1.86 bits per heavy atom. The Bertz CT molecular complexity index is 875. The van der Waals surface area contributed by atoms with Gasteiger partial charge in [0.1, 0.15) is 11.5 Å². The number of para-hydroxylation sites is 1. The van der Waals surface area contributed by atoms with Gasteiger partial charge < -0.3 is 14.4 Å². The fraction of sp³-hybridized carbons (Fsp3) is 0.300. The van der Waals surface area contributed by atoms with Gasteiger partial charge in [-0.15, -0.1) is 0 Å². The summed E-state index contributed by atoms with van der Waals surface area (Å²) in [6.07, 6.45) is 0.112. The number of anilines is 2. The van der Waals surface area contributed by atoms with Crippen LogP contribution in [-0.4, -0.2) is 39.6 Å². The Hall–Kier alpha value is -2.93. The summed E-state index contributed by atoms with van der Waals surface area (Å²) in [6.45, 7) is 0.242. The van der Waals surface area contributed by atoms with E-state index in [1.54, 1.807) is 24.2 Å². The van der Waals surface area contributed by atoms with E-state index in [0.29, 0.717) is 22.2 Å². The maximum absolute atomic E-state index is 12.7. The molecular formula is C20H22ClN3O4. The van der Waals surface area contributed by atoms with Crippen molar-refractivity contribution in [3.8, 4) is 11.5 Å². The van der Waals surface area contributed by atoms with Gasteiger partial charge in [-0.3, -0.25) is 20.0 Å². The van der Waals surface area contributed by atoms with E-state index >= 15 is 0 Å². The highest BCUT2D eigenvalue weighted by Gasteiger charge is 2.37. The summed E-state index contributed by atoms with van der Waals surface area (Å²) in [5.74, 6) is 0.0387. The lowest BCUT2D eigenvalue weighted by Crippen LogP contribution is -2.43. The lowest BCUT2D eigenvalue weighted by Gasteiger charge is -2.23. The molecule has 0 radical (unpaired) electrons. The first-order valence-electron chi connectivity index (χ1n) is 8.75. The quantitative estimate of drug-likeness (QED) is 0.751. The van der Waals surface area contributed by atoms with Gasteiger partial charge in [0.05, 0.1) is 36.5 Å². The Balaban J connectivity index is 1.75. The van der Waals surface area contributed by atoms with E-state index < -0.39 is 5.92 Å². The maximum atomic E-state index is 12.7. The zero-order chi connectivity index (χ0) is 20.3. The molecule has 2 aromatic carbocycles. The molecule has 1 saturated heterocycles. The average molecular weight is 404 g/mol. The number of carbonyl (C=O) groups excluding carboxylic acids is 2. The second-order valence-electron chi connectivity index (χ2n) is 6.43. The fourth-order valence-corrected chi connectivity index (χ4v) is 3.38. The molecule has 28 heavy (non-hydrogen) atoms. The monoisotopic (exact) mass is 403 g/mol. The van der Waals surface area contributed by atoms with Gasteiger partial charge in [0.15, 0.2) is 0 Å². The average Bonchev–Trinajstić information content (AvgIpc) is 3.10. The van der Waals surface area contributed by atoms with Crippen LogP contribution in [0.25, 0.3) is 0 Å². The smallest absolute Gasteiger partial charge is 0.243 e. The van der Waals surface area contributed by atoms with Crippen LogP contribution in [0, 0.1) is 5.92 Å². The van der Waals surface area contributed by atoms with Crippen molar-refractivity contribution in [3.63, 3.8) is 0 Å². The molecule has 0 saturated carbocycles. The molecule has 0 aliphatic carbocycles. The summed E-state index contributed by atoms with van der Waals surface area (Å²) < 4.78 is 10.6. The minimum Gasteiger partial charge on any atom is -0.495 e. The number of nitrogens with one attached hydrogen (secondary N) is 1. The van der Waals surface area contributed by atoms with Crippen LogP contribution < -0.4 is 24.8 Å². The van der Waals surface area contributed by atoms with Crippen LogP contribution in [0.2, 0.25) is 5.02 Å². The summed E-state index contributed by atoms with van der Waals surface area (Å²) in [7, 11) is 4.77. The Morgan fingerprint density at radius 1 is 1.18 bits per heavy atom. The van der Waals surface area contributed by atoms with E-state index in [0.717, 1.165) is 5.69 Å². The fourth-order valence-electron chi connectivity index (χ4n) is 3.14. The van der Waals surface area contributed by atoms with E-state index in [1.165, 1.54) is 19.1 Å². The van der Waals surface area contributed by atoms with Crippen LogP contribution in [0.1, 0.15) is 6.42 Å². The maximum Gasteiger partial charge on any atom is 0.243 e. The summed E-state index contributed by atoms with van der Waals surface area (Å²) in [5.41, 5.74) is 4.19. The molecule has 3 rings (SSSR count). The number of carbonyl (C=O) groups is 2. The van der Waals surface area contributed by atoms with Crippen molar-refractivity contribution in [1.82, 2.24) is 5.43 Å². The summed E-state index contributed by atoms with van der Waals surface area (Å²) in [5, 5.41) is 2.00. The highest BCUT2D eigenvalue weighted by Crippen LogP contribution is 2.40. The van der Waals surface area contributed by atoms with Crippen molar-refractivity contribution in [1.29, 1.82) is 0 Å². The topological polar surface area (TPSA) is 71.1 Å². The van der Waals surface area contributed by atoms with Gasteiger partial charge >= 0.3 is 0 Å². The molecule has 0 bridgehead atoms. The number of benzene rings is 2. The lowest BCUT2D eigenvalue weighted by molar-refractivity contribution is -0.126. The van der Waals surface area contributed by atoms with Crippen LogP contribution >= 0.6 is 11.6 Å². The summed E-state index contributed by atoms with van der Waals surface area (Å²) in [4.78, 5) is 26.8. The number of hydrogen-bond acceptors (Lipinski definition) is 5. The summed E-state index contributed by atoms with van der Waals surface area (Å²) >= 11 is 6.22. The third-order valence-corrected chi connectivity index (χ3v) is 4.96. The van der Waals surface area contributed by atoms with Crippen LogP contribution in [0.15, 0.2) is 42.5 Å². The molecule has 148 valence electrons. The van der Waals surface area contributed by atoms with Crippen LogP contribution in [-0.2, 0) is 9.59 Å². The summed E-state index contributed by atoms with van der Waals surface area (Å²) in [6, 6.07) is 12.7. The van der Waals surface area contributed by atoms with Crippen LogP contribution in [0.4, 0.5) is 11.4 Å². The van der Waals surface area contributed by atoms with Gasteiger partial charge in [-0.1, -0.05) is 29.8 Å². The van der Waals surface area contributed by atoms with Crippen LogP contribution in [0.5, 0.6) is 11.5 Å². The zero-order valence-electron chi connectivity index (χ0n) is 15.9. The predicted molar refractivity (Wildman–Crippen MR) is 108 cm³/mol. The number of amides is 2. The van der Waals surface area contributed by atoms with Gasteiger partial charge in [-0.05, 0) is 18.2 Å². The zero-order valence-corrected chi connectivity index (χ0v) is 16.7. The first-order chi connectivity index (χ1) is 13.4. The van der Waals surface area contributed by atoms with Crippen molar-refractivity contribution in [2.45, 2.75) is 6.42 Å². The van der Waals surface area contributed by atoms with Gasteiger partial charge in [-0.2, -0.15) is 0 Å². The Labute approximate surface area is 168 Å². The molecule has 2 aromatic rings. The highest BCUT2D eigenvalue weighted by molar-refractivity contribution is 6.32. The molecule has 1 fully saturated rings. The number of nitrogens with zero attached hydrogens (tertiary/aromatic N) is 2. The molecule has 0 unspecified atom stereocenters. The van der Waals surface area contributed by atoms with E-state index in [4.69, 9.17) is 21.1 Å². The molecule has 2 amide bonds. The number of rotatable bonds is 6. The number of halogens is 1. The molecule has 0 spiro atoms. The molecule has 1 N–H and O–H groups in total. The minimum atomic E-state index is -0.482. The van der Waals surface area contributed by atoms with Crippen LogP contribution in [0.3, 0.4) is 0 Å². The number of hydrogen-bond donors (Lipinski definition) is 1. The van der Waals surface area contributed by atoms with E-state index in [2.05, 4.69) is 5.43 Å². The van der Waals surface area contributed by atoms with Gasteiger partial charge in [0.2, 0.25) is 11.8 Å². The van der Waals surface area contributed by atoms with Gasteiger partial charge in [0, 0.05) is 26.1 Å². The molecule has 1 aliphatic heterocycles. The normalized spacial score (nSPS) is 16.1. The number of methoxy groups -OCH3 is 2. The molecule has 1 aliphatic rings. The second-order valence-corrected chi connectivity index (χ2v) is 6.84. The van der Waals surface area contributed by atoms with E-state index in [1.807, 2.05) is 30.3 Å². The van der Waals surface area contributed by atoms with E-state index in [-0.39, 0.29) is 24.8 Å². The predicted octanol–water partition coefficient (Wildman–Crippen LogP) is 2.88. The van der Waals surface area contributed by atoms with Crippen molar-refractivity contribution in [2.24, 2.45) is 5.92 Å². The molecule has 1 heterocycles. The van der Waals surface area contributed by atoms with Crippen molar-refractivity contribution in [2.75, 3.05) is 37.7 Å². The largest absolute Gasteiger partial charge is 0.495 e. The minimum absolute atomic E-state index is 0.112. The van der Waals surface area contributed by atoms with Gasteiger partial charge in [-0.25, -0.2) is 0 Å². The molecule has 0 aromatic heterocycles. The van der Waals surface area contributed by atoms with Crippen molar-refractivity contribution in [3.05, 3.63) is 47.5 Å². The highest BCUT2D eigenvalue weighted by atomic mass is 35.5. The van der Waals surface area contributed by atoms with Gasteiger partial charge in [0.25, 0.3) is 0 Å². The number of ether oxygens (including phenoxy) is 2. The SMILES string of the molecule is COc1cc(OC)c(N2C[C@@H](C(=O)NN(C)c3ccccc3)CC2=O)cc1Cl. The van der Waals surface area contributed by atoms with E-state index in [9.17, 15) is 9.59 Å². The Kier molecular flexibility index (Phi) is 5.94. The molecule has 7 nitrogen and oxygen atoms in total. The molecule has 8 heteroatoms.